The number of hydrazine groups is 1. The Morgan fingerprint density at radius 1 is 0.893 bits per heavy atom. The van der Waals surface area contributed by atoms with Crippen molar-refractivity contribution in [2.45, 2.75) is 4.90 Å². The van der Waals surface area contributed by atoms with Crippen molar-refractivity contribution < 1.29 is 17.6 Å². The first-order valence-corrected chi connectivity index (χ1v) is 9.90. The Morgan fingerprint density at radius 3 is 2.25 bits per heavy atom. The number of nitrogens with one attached hydrogen (secondary N) is 3. The van der Waals surface area contributed by atoms with Gasteiger partial charge in [0.25, 0.3) is 15.9 Å². The molecular formula is C19H15ClFN3O3S. The van der Waals surface area contributed by atoms with Crippen molar-refractivity contribution >= 4 is 38.9 Å². The predicted molar refractivity (Wildman–Crippen MR) is 106 cm³/mol. The summed E-state index contributed by atoms with van der Waals surface area (Å²) in [4.78, 5) is 12.1. The lowest BCUT2D eigenvalue weighted by Gasteiger charge is -2.12. The maximum Gasteiger partial charge on any atom is 0.269 e. The van der Waals surface area contributed by atoms with Crippen LogP contribution >= 0.6 is 11.6 Å². The standard InChI is InChI=1S/C19H15ClFN3O3S/c20-17-11-6-13(19(25)23-22-15-4-2-1-3-5-15)12-18(17)28(26,27)24-16-9-7-14(21)8-10-16/h1-12,22,24H,(H,23,25). The number of carbonyl (C=O) groups is 1. The van der Waals surface area contributed by atoms with E-state index < -0.39 is 21.7 Å². The molecule has 144 valence electrons. The van der Waals surface area contributed by atoms with Gasteiger partial charge < -0.3 is 0 Å². The summed E-state index contributed by atoms with van der Waals surface area (Å²) in [5, 5.41) is -0.0535. The Hall–Kier alpha value is -3.10. The molecule has 3 aromatic rings. The number of sulfonamides is 1. The Balaban J connectivity index is 1.80. The van der Waals surface area contributed by atoms with Crippen molar-refractivity contribution in [2.24, 2.45) is 0 Å². The molecule has 0 heterocycles. The maximum absolute atomic E-state index is 13.0. The molecule has 3 aromatic carbocycles. The summed E-state index contributed by atoms with van der Waals surface area (Å²) in [5.74, 6) is -1.04. The van der Waals surface area contributed by atoms with Crippen molar-refractivity contribution in [3.05, 3.63) is 89.2 Å². The highest BCUT2D eigenvalue weighted by atomic mass is 35.5. The summed E-state index contributed by atoms with van der Waals surface area (Å²) in [7, 11) is -4.08. The van der Waals surface area contributed by atoms with Crippen LogP contribution in [-0.2, 0) is 10.0 Å². The van der Waals surface area contributed by atoms with E-state index in [4.69, 9.17) is 11.6 Å². The third-order valence-corrected chi connectivity index (χ3v) is 5.54. The van der Waals surface area contributed by atoms with Crippen LogP contribution in [0.2, 0.25) is 5.02 Å². The van der Waals surface area contributed by atoms with E-state index in [9.17, 15) is 17.6 Å². The predicted octanol–water partition coefficient (Wildman–Crippen LogP) is 4.04. The quantitative estimate of drug-likeness (QED) is 0.526. The van der Waals surface area contributed by atoms with E-state index in [0.29, 0.717) is 5.69 Å². The summed E-state index contributed by atoms with van der Waals surface area (Å²) in [6, 6.07) is 17.6. The number of amides is 1. The lowest BCUT2D eigenvalue weighted by Crippen LogP contribution is -2.29. The Kier molecular flexibility index (Phi) is 5.81. The van der Waals surface area contributed by atoms with E-state index >= 15 is 0 Å². The average Bonchev–Trinajstić information content (AvgIpc) is 2.69. The van der Waals surface area contributed by atoms with Gasteiger partial charge in [0.2, 0.25) is 0 Å². The minimum Gasteiger partial charge on any atom is -0.298 e. The van der Waals surface area contributed by atoms with Gasteiger partial charge in [-0.25, -0.2) is 12.8 Å². The zero-order valence-corrected chi connectivity index (χ0v) is 15.9. The van der Waals surface area contributed by atoms with Crippen LogP contribution in [0.5, 0.6) is 0 Å². The van der Waals surface area contributed by atoms with E-state index in [1.165, 1.54) is 24.3 Å². The number of carbonyl (C=O) groups excluding carboxylic acids is 1. The molecule has 9 heteroatoms. The number of rotatable bonds is 6. The maximum atomic E-state index is 13.0. The van der Waals surface area contributed by atoms with Gasteiger partial charge in [-0.3, -0.25) is 20.4 Å². The van der Waals surface area contributed by atoms with Gasteiger partial charge in [-0.05, 0) is 54.6 Å². The van der Waals surface area contributed by atoms with E-state index in [-0.39, 0.29) is 21.2 Å². The van der Waals surface area contributed by atoms with Crippen molar-refractivity contribution in [2.75, 3.05) is 10.1 Å². The average molecular weight is 420 g/mol. The highest BCUT2D eigenvalue weighted by Gasteiger charge is 2.20. The third-order valence-electron chi connectivity index (χ3n) is 3.67. The molecule has 0 aliphatic rings. The fourth-order valence-corrected chi connectivity index (χ4v) is 3.89. The lowest BCUT2D eigenvalue weighted by atomic mass is 10.2. The van der Waals surface area contributed by atoms with Gasteiger partial charge in [0.1, 0.15) is 10.7 Å². The summed E-state index contributed by atoms with van der Waals surface area (Å²) >= 11 is 6.02. The Bertz CT molecular complexity index is 1090. The Morgan fingerprint density at radius 2 is 1.57 bits per heavy atom. The zero-order valence-electron chi connectivity index (χ0n) is 14.3. The molecule has 0 aliphatic heterocycles. The van der Waals surface area contributed by atoms with Crippen LogP contribution in [0, 0.1) is 5.82 Å². The molecule has 0 radical (unpaired) electrons. The molecule has 3 N–H and O–H groups in total. The molecule has 3 rings (SSSR count). The SMILES string of the molecule is O=C(NNc1ccccc1)c1ccc(Cl)c(S(=O)(=O)Nc2ccc(F)cc2)c1. The first-order chi connectivity index (χ1) is 13.3. The smallest absolute Gasteiger partial charge is 0.269 e. The fraction of sp³-hybridized carbons (Fsp3) is 0. The van der Waals surface area contributed by atoms with Gasteiger partial charge >= 0.3 is 0 Å². The van der Waals surface area contributed by atoms with Crippen LogP contribution in [0.15, 0.2) is 77.7 Å². The van der Waals surface area contributed by atoms with E-state index in [1.807, 2.05) is 6.07 Å². The lowest BCUT2D eigenvalue weighted by molar-refractivity contribution is 0.0962. The zero-order chi connectivity index (χ0) is 20.1. The normalized spacial score (nSPS) is 10.9. The first kappa shape index (κ1) is 19.7. The minimum atomic E-state index is -4.08. The molecule has 0 fully saturated rings. The van der Waals surface area contributed by atoms with Crippen molar-refractivity contribution in [1.82, 2.24) is 5.43 Å². The van der Waals surface area contributed by atoms with Crippen LogP contribution in [0.4, 0.5) is 15.8 Å². The number of halogens is 2. The van der Waals surface area contributed by atoms with Crippen LogP contribution in [0.3, 0.4) is 0 Å². The number of hydrogen-bond acceptors (Lipinski definition) is 4. The summed E-state index contributed by atoms with van der Waals surface area (Å²) < 4.78 is 40.5. The largest absolute Gasteiger partial charge is 0.298 e. The third kappa shape index (κ3) is 4.79. The van der Waals surface area contributed by atoms with E-state index in [1.54, 1.807) is 24.3 Å². The molecule has 0 saturated carbocycles. The monoisotopic (exact) mass is 419 g/mol. The molecule has 1 amide bonds. The second kappa shape index (κ2) is 8.28. The van der Waals surface area contributed by atoms with Crippen LogP contribution < -0.4 is 15.6 Å². The number of benzene rings is 3. The first-order valence-electron chi connectivity index (χ1n) is 8.04. The molecule has 0 saturated heterocycles. The van der Waals surface area contributed by atoms with Gasteiger partial charge in [-0.2, -0.15) is 0 Å². The van der Waals surface area contributed by atoms with Crippen LogP contribution in [0.25, 0.3) is 0 Å². The van der Waals surface area contributed by atoms with E-state index in [2.05, 4.69) is 15.6 Å². The molecule has 0 aliphatic carbocycles. The number of anilines is 2. The Labute approximate surface area is 166 Å². The topological polar surface area (TPSA) is 87.3 Å². The second-order valence-electron chi connectivity index (χ2n) is 5.70. The molecule has 0 bridgehead atoms. The molecular weight excluding hydrogens is 405 g/mol. The van der Waals surface area contributed by atoms with Gasteiger partial charge in [-0.15, -0.1) is 0 Å². The summed E-state index contributed by atoms with van der Waals surface area (Å²) in [5.41, 5.74) is 6.13. The van der Waals surface area contributed by atoms with Gasteiger partial charge in [0.15, 0.2) is 0 Å². The number of para-hydroxylation sites is 1. The fourth-order valence-electron chi connectivity index (χ4n) is 2.30. The van der Waals surface area contributed by atoms with Crippen molar-refractivity contribution in [3.63, 3.8) is 0 Å². The van der Waals surface area contributed by atoms with E-state index in [0.717, 1.165) is 18.2 Å². The van der Waals surface area contributed by atoms with Gasteiger partial charge in [0.05, 0.1) is 10.7 Å². The highest BCUT2D eigenvalue weighted by molar-refractivity contribution is 7.92. The number of hydrogen-bond donors (Lipinski definition) is 3. The molecule has 28 heavy (non-hydrogen) atoms. The minimum absolute atomic E-state index is 0.0535. The van der Waals surface area contributed by atoms with Gasteiger partial charge in [0, 0.05) is 11.3 Å². The summed E-state index contributed by atoms with van der Waals surface area (Å²) in [6.45, 7) is 0. The van der Waals surface area contributed by atoms with Gasteiger partial charge in [-0.1, -0.05) is 29.8 Å². The molecule has 0 unspecified atom stereocenters. The van der Waals surface area contributed by atoms with Crippen molar-refractivity contribution in [3.8, 4) is 0 Å². The highest BCUT2D eigenvalue weighted by Crippen LogP contribution is 2.25. The second-order valence-corrected chi connectivity index (χ2v) is 7.76. The molecule has 0 spiro atoms. The van der Waals surface area contributed by atoms with Crippen LogP contribution in [-0.4, -0.2) is 14.3 Å². The summed E-state index contributed by atoms with van der Waals surface area (Å²) in [6.07, 6.45) is 0. The molecule has 6 nitrogen and oxygen atoms in total. The molecule has 0 atom stereocenters. The van der Waals surface area contributed by atoms with Crippen LogP contribution in [0.1, 0.15) is 10.4 Å². The van der Waals surface area contributed by atoms with Crippen molar-refractivity contribution in [1.29, 1.82) is 0 Å². The molecule has 0 aromatic heterocycles.